The standard InChI is InChI=1S/C10H11FN2O2/c1-5-2-6(11)3-7(9(5)13)10(15)8(14)4-12/h2-3,8,10,14-15H,13H2,1H3. The van der Waals surface area contributed by atoms with Gasteiger partial charge >= 0.3 is 0 Å². The van der Waals surface area contributed by atoms with E-state index in [2.05, 4.69) is 0 Å². The fraction of sp³-hybridized carbons (Fsp3) is 0.300. The maximum Gasteiger partial charge on any atom is 0.170 e. The minimum atomic E-state index is -1.62. The quantitative estimate of drug-likeness (QED) is 0.493. The molecule has 0 aliphatic rings. The highest BCUT2D eigenvalue weighted by molar-refractivity contribution is 5.54. The largest absolute Gasteiger partial charge is 0.398 e. The number of aryl methyl sites for hydroxylation is 1. The number of nitrogens with two attached hydrogens (primary N) is 1. The summed E-state index contributed by atoms with van der Waals surface area (Å²) < 4.78 is 13.0. The summed E-state index contributed by atoms with van der Waals surface area (Å²) in [4.78, 5) is 0. The van der Waals surface area contributed by atoms with Crippen LogP contribution in [0, 0.1) is 24.1 Å². The van der Waals surface area contributed by atoms with Gasteiger partial charge in [-0.05, 0) is 24.6 Å². The van der Waals surface area contributed by atoms with E-state index >= 15 is 0 Å². The molecule has 15 heavy (non-hydrogen) atoms. The van der Waals surface area contributed by atoms with Gasteiger partial charge in [0.15, 0.2) is 6.10 Å². The molecule has 0 amide bonds. The number of hydrogen-bond donors (Lipinski definition) is 3. The van der Waals surface area contributed by atoms with Gasteiger partial charge < -0.3 is 15.9 Å². The predicted molar refractivity (Wildman–Crippen MR) is 52.1 cm³/mol. The van der Waals surface area contributed by atoms with Gasteiger partial charge in [-0.1, -0.05) is 0 Å². The molecule has 0 spiro atoms. The van der Waals surface area contributed by atoms with E-state index in [1.807, 2.05) is 0 Å². The number of aliphatic hydroxyl groups excluding tert-OH is 2. The Kier molecular flexibility index (Phi) is 3.24. The van der Waals surface area contributed by atoms with Crippen LogP contribution in [0.3, 0.4) is 0 Å². The molecule has 2 unspecified atom stereocenters. The highest BCUT2D eigenvalue weighted by Crippen LogP contribution is 2.26. The Morgan fingerprint density at radius 3 is 2.60 bits per heavy atom. The Labute approximate surface area is 86.4 Å². The van der Waals surface area contributed by atoms with Crippen molar-refractivity contribution >= 4 is 5.69 Å². The first-order valence-corrected chi connectivity index (χ1v) is 4.28. The molecular formula is C10H11FN2O2. The van der Waals surface area contributed by atoms with Crippen molar-refractivity contribution in [1.82, 2.24) is 0 Å². The minimum Gasteiger partial charge on any atom is -0.398 e. The third kappa shape index (κ3) is 2.24. The predicted octanol–water partition coefficient (Wildman–Crippen LogP) is 0.634. The summed E-state index contributed by atoms with van der Waals surface area (Å²) in [7, 11) is 0. The molecule has 0 heterocycles. The lowest BCUT2D eigenvalue weighted by molar-refractivity contribution is 0.0530. The first-order valence-electron chi connectivity index (χ1n) is 4.28. The van der Waals surface area contributed by atoms with Gasteiger partial charge in [-0.15, -0.1) is 0 Å². The summed E-state index contributed by atoms with van der Waals surface area (Å²) in [5.74, 6) is -0.569. The number of aliphatic hydroxyl groups is 2. The first kappa shape index (κ1) is 11.4. The van der Waals surface area contributed by atoms with E-state index in [0.29, 0.717) is 5.56 Å². The van der Waals surface area contributed by atoms with Crippen LogP contribution >= 0.6 is 0 Å². The van der Waals surface area contributed by atoms with Crippen LogP contribution in [-0.2, 0) is 0 Å². The Balaban J connectivity index is 3.20. The lowest BCUT2D eigenvalue weighted by Crippen LogP contribution is -2.17. The van der Waals surface area contributed by atoms with E-state index in [-0.39, 0.29) is 11.3 Å². The SMILES string of the molecule is Cc1cc(F)cc(C(O)C(O)C#N)c1N. The van der Waals surface area contributed by atoms with E-state index in [1.54, 1.807) is 6.92 Å². The van der Waals surface area contributed by atoms with Gasteiger partial charge in [0, 0.05) is 11.3 Å². The fourth-order valence-electron chi connectivity index (χ4n) is 1.27. The summed E-state index contributed by atoms with van der Waals surface area (Å²) >= 11 is 0. The zero-order chi connectivity index (χ0) is 11.6. The van der Waals surface area contributed by atoms with Crippen LogP contribution in [0.2, 0.25) is 0 Å². The molecule has 2 atom stereocenters. The molecule has 0 aromatic heterocycles. The molecule has 0 radical (unpaired) electrons. The van der Waals surface area contributed by atoms with Crippen molar-refractivity contribution < 1.29 is 14.6 Å². The molecule has 1 aromatic carbocycles. The lowest BCUT2D eigenvalue weighted by Gasteiger charge is -2.15. The van der Waals surface area contributed by atoms with Crippen LogP contribution in [0.5, 0.6) is 0 Å². The normalized spacial score (nSPS) is 14.3. The molecule has 0 aliphatic heterocycles. The molecule has 0 saturated heterocycles. The van der Waals surface area contributed by atoms with Gasteiger partial charge in [-0.3, -0.25) is 0 Å². The van der Waals surface area contributed by atoms with Crippen LogP contribution in [0.15, 0.2) is 12.1 Å². The molecule has 5 heteroatoms. The maximum absolute atomic E-state index is 13.0. The third-order valence-electron chi connectivity index (χ3n) is 2.13. The second-order valence-electron chi connectivity index (χ2n) is 3.24. The van der Waals surface area contributed by atoms with Crippen molar-refractivity contribution in [2.75, 3.05) is 5.73 Å². The van der Waals surface area contributed by atoms with E-state index in [0.717, 1.165) is 6.07 Å². The molecule has 4 nitrogen and oxygen atoms in total. The highest BCUT2D eigenvalue weighted by Gasteiger charge is 2.21. The van der Waals surface area contributed by atoms with Crippen LogP contribution in [0.25, 0.3) is 0 Å². The number of rotatable bonds is 2. The smallest absolute Gasteiger partial charge is 0.170 e. The third-order valence-corrected chi connectivity index (χ3v) is 2.13. The van der Waals surface area contributed by atoms with Crippen LogP contribution in [-0.4, -0.2) is 16.3 Å². The Morgan fingerprint density at radius 2 is 2.07 bits per heavy atom. The summed E-state index contributed by atoms with van der Waals surface area (Å²) in [5.41, 5.74) is 6.26. The zero-order valence-corrected chi connectivity index (χ0v) is 8.11. The van der Waals surface area contributed by atoms with Crippen molar-refractivity contribution in [2.24, 2.45) is 0 Å². The second-order valence-corrected chi connectivity index (χ2v) is 3.24. The van der Waals surface area contributed by atoms with Crippen LogP contribution in [0.4, 0.5) is 10.1 Å². The van der Waals surface area contributed by atoms with Crippen molar-refractivity contribution in [3.63, 3.8) is 0 Å². The van der Waals surface area contributed by atoms with Gasteiger partial charge in [-0.25, -0.2) is 4.39 Å². The van der Waals surface area contributed by atoms with Crippen molar-refractivity contribution in [3.05, 3.63) is 29.1 Å². The Hall–Kier alpha value is -1.64. The van der Waals surface area contributed by atoms with Gasteiger partial charge in [0.1, 0.15) is 11.9 Å². The van der Waals surface area contributed by atoms with E-state index < -0.39 is 18.0 Å². The molecular weight excluding hydrogens is 199 g/mol. The van der Waals surface area contributed by atoms with E-state index in [9.17, 15) is 9.50 Å². The number of halogens is 1. The maximum atomic E-state index is 13.0. The van der Waals surface area contributed by atoms with Crippen LogP contribution < -0.4 is 5.73 Å². The molecule has 1 aromatic rings. The van der Waals surface area contributed by atoms with Gasteiger partial charge in [-0.2, -0.15) is 5.26 Å². The Bertz CT molecular complexity index is 415. The lowest BCUT2D eigenvalue weighted by atomic mass is 10.00. The number of anilines is 1. The van der Waals surface area contributed by atoms with Gasteiger partial charge in [0.05, 0.1) is 6.07 Å². The fourth-order valence-corrected chi connectivity index (χ4v) is 1.27. The number of nitriles is 1. The highest BCUT2D eigenvalue weighted by atomic mass is 19.1. The molecule has 0 fully saturated rings. The summed E-state index contributed by atoms with van der Waals surface area (Å²) in [6, 6.07) is 3.68. The van der Waals surface area contributed by atoms with Crippen molar-refractivity contribution in [3.8, 4) is 6.07 Å². The second kappa shape index (κ2) is 4.26. The van der Waals surface area contributed by atoms with Crippen molar-refractivity contribution in [2.45, 2.75) is 19.1 Å². The summed E-state index contributed by atoms with van der Waals surface area (Å²) in [6.45, 7) is 1.58. The number of nitrogens with zero attached hydrogens (tertiary/aromatic N) is 1. The topological polar surface area (TPSA) is 90.3 Å². The van der Waals surface area contributed by atoms with E-state index in [4.69, 9.17) is 16.1 Å². The Morgan fingerprint density at radius 1 is 1.47 bits per heavy atom. The first-order chi connectivity index (χ1) is 6.97. The van der Waals surface area contributed by atoms with Gasteiger partial charge in [0.2, 0.25) is 0 Å². The average molecular weight is 210 g/mol. The van der Waals surface area contributed by atoms with Crippen LogP contribution in [0.1, 0.15) is 17.2 Å². The molecule has 80 valence electrons. The molecule has 0 saturated carbocycles. The molecule has 4 N–H and O–H groups in total. The zero-order valence-electron chi connectivity index (χ0n) is 8.11. The average Bonchev–Trinajstić information content (AvgIpc) is 2.21. The summed E-state index contributed by atoms with van der Waals surface area (Å²) in [5, 5.41) is 27.0. The van der Waals surface area contributed by atoms with Crippen molar-refractivity contribution in [1.29, 1.82) is 5.26 Å². The molecule has 0 bridgehead atoms. The molecule has 1 rings (SSSR count). The molecule has 0 aliphatic carbocycles. The monoisotopic (exact) mass is 210 g/mol. The number of benzene rings is 1. The number of hydrogen-bond acceptors (Lipinski definition) is 4. The summed E-state index contributed by atoms with van der Waals surface area (Å²) in [6.07, 6.45) is -3.11. The number of nitrogen functional groups attached to an aromatic ring is 1. The minimum absolute atomic E-state index is 0.0292. The van der Waals surface area contributed by atoms with Gasteiger partial charge in [0.25, 0.3) is 0 Å². The van der Waals surface area contributed by atoms with E-state index in [1.165, 1.54) is 12.1 Å².